The number of rotatable bonds is 8. The van der Waals surface area contributed by atoms with E-state index in [0.29, 0.717) is 26.0 Å². The van der Waals surface area contributed by atoms with Crippen LogP contribution in [-0.4, -0.2) is 51.6 Å². The van der Waals surface area contributed by atoms with E-state index in [1.165, 1.54) is 6.33 Å². The fourth-order valence-electron chi connectivity index (χ4n) is 1.35. The number of ether oxygens (including phenoxy) is 1. The van der Waals surface area contributed by atoms with Gasteiger partial charge in [-0.2, -0.15) is 5.10 Å². The van der Waals surface area contributed by atoms with Gasteiger partial charge in [0.05, 0.1) is 12.1 Å². The summed E-state index contributed by atoms with van der Waals surface area (Å²) in [6.07, 6.45) is 3.77. The molecule has 102 valence electrons. The van der Waals surface area contributed by atoms with Crippen molar-refractivity contribution in [2.24, 2.45) is 0 Å². The molecule has 0 saturated carbocycles. The second kappa shape index (κ2) is 7.07. The van der Waals surface area contributed by atoms with Crippen molar-refractivity contribution in [1.29, 1.82) is 0 Å². The van der Waals surface area contributed by atoms with Gasteiger partial charge in [0.1, 0.15) is 12.7 Å². The highest BCUT2D eigenvalue weighted by atomic mass is 16.5. The number of carbonyl (C=O) groups is 1. The fourth-order valence-corrected chi connectivity index (χ4v) is 1.35. The van der Waals surface area contributed by atoms with Gasteiger partial charge in [-0.25, -0.2) is 4.98 Å². The summed E-state index contributed by atoms with van der Waals surface area (Å²) < 4.78 is 6.48. The standard InChI is InChI=1S/C11H20N4O3/c1-11(17,4-6-18-2)7-13-10(16)3-5-15-9-12-8-14-15/h8-9,17H,3-7H2,1-2H3,(H,13,16). The van der Waals surface area contributed by atoms with Crippen LogP contribution in [0.15, 0.2) is 12.7 Å². The molecule has 1 atom stereocenters. The lowest BCUT2D eigenvalue weighted by molar-refractivity contribution is -0.122. The number of carbonyl (C=O) groups excluding carboxylic acids is 1. The first-order valence-electron chi connectivity index (χ1n) is 5.84. The van der Waals surface area contributed by atoms with E-state index < -0.39 is 5.60 Å². The first-order chi connectivity index (χ1) is 8.53. The van der Waals surface area contributed by atoms with Crippen LogP contribution in [0, 0.1) is 0 Å². The summed E-state index contributed by atoms with van der Waals surface area (Å²) in [4.78, 5) is 15.3. The number of aryl methyl sites for hydroxylation is 1. The summed E-state index contributed by atoms with van der Waals surface area (Å²) in [7, 11) is 1.58. The quantitative estimate of drug-likeness (QED) is 0.659. The smallest absolute Gasteiger partial charge is 0.221 e. The van der Waals surface area contributed by atoms with Crippen LogP contribution in [0.2, 0.25) is 0 Å². The van der Waals surface area contributed by atoms with Crippen LogP contribution in [0.3, 0.4) is 0 Å². The first-order valence-corrected chi connectivity index (χ1v) is 5.84. The topological polar surface area (TPSA) is 89.3 Å². The van der Waals surface area contributed by atoms with Crippen LogP contribution in [0.25, 0.3) is 0 Å². The molecular weight excluding hydrogens is 236 g/mol. The zero-order chi connectivity index (χ0) is 13.4. The van der Waals surface area contributed by atoms with Crippen molar-refractivity contribution in [2.75, 3.05) is 20.3 Å². The number of methoxy groups -OCH3 is 1. The maximum absolute atomic E-state index is 11.5. The summed E-state index contributed by atoms with van der Waals surface area (Å²) in [6, 6.07) is 0. The van der Waals surface area contributed by atoms with E-state index in [9.17, 15) is 9.90 Å². The zero-order valence-corrected chi connectivity index (χ0v) is 10.8. The van der Waals surface area contributed by atoms with E-state index in [2.05, 4.69) is 15.4 Å². The Kier molecular flexibility index (Phi) is 5.73. The van der Waals surface area contributed by atoms with E-state index >= 15 is 0 Å². The average molecular weight is 256 g/mol. The van der Waals surface area contributed by atoms with E-state index in [1.807, 2.05) is 0 Å². The van der Waals surface area contributed by atoms with Crippen molar-refractivity contribution in [3.8, 4) is 0 Å². The van der Waals surface area contributed by atoms with Crippen LogP contribution >= 0.6 is 0 Å². The lowest BCUT2D eigenvalue weighted by Crippen LogP contribution is -2.41. The second-order valence-electron chi connectivity index (χ2n) is 4.43. The molecule has 1 aromatic heterocycles. The third kappa shape index (κ3) is 5.74. The summed E-state index contributed by atoms with van der Waals surface area (Å²) in [6.45, 7) is 2.82. The molecule has 0 aliphatic heterocycles. The molecule has 7 heteroatoms. The van der Waals surface area contributed by atoms with Gasteiger partial charge in [-0.15, -0.1) is 0 Å². The number of hydrogen-bond donors (Lipinski definition) is 2. The van der Waals surface area contributed by atoms with Crippen LogP contribution in [0.5, 0.6) is 0 Å². The van der Waals surface area contributed by atoms with Gasteiger partial charge in [0.15, 0.2) is 0 Å². The van der Waals surface area contributed by atoms with Crippen LogP contribution in [-0.2, 0) is 16.1 Å². The molecule has 1 aromatic rings. The highest BCUT2D eigenvalue weighted by Crippen LogP contribution is 2.07. The molecule has 0 aliphatic rings. The van der Waals surface area contributed by atoms with Gasteiger partial charge in [0.2, 0.25) is 5.91 Å². The maximum Gasteiger partial charge on any atom is 0.221 e. The maximum atomic E-state index is 11.5. The second-order valence-corrected chi connectivity index (χ2v) is 4.43. The van der Waals surface area contributed by atoms with Gasteiger partial charge in [0.25, 0.3) is 0 Å². The number of nitrogens with one attached hydrogen (secondary N) is 1. The first kappa shape index (κ1) is 14.6. The minimum absolute atomic E-state index is 0.122. The highest BCUT2D eigenvalue weighted by molar-refractivity contribution is 5.75. The van der Waals surface area contributed by atoms with Crippen molar-refractivity contribution in [3.05, 3.63) is 12.7 Å². The van der Waals surface area contributed by atoms with Gasteiger partial charge >= 0.3 is 0 Å². The minimum Gasteiger partial charge on any atom is -0.388 e. The predicted octanol–water partition coefficient (Wildman–Crippen LogP) is -0.428. The van der Waals surface area contributed by atoms with Crippen LogP contribution < -0.4 is 5.32 Å². The van der Waals surface area contributed by atoms with Crippen molar-refractivity contribution >= 4 is 5.91 Å². The lowest BCUT2D eigenvalue weighted by Gasteiger charge is -2.23. The average Bonchev–Trinajstić information content (AvgIpc) is 2.84. The van der Waals surface area contributed by atoms with Crippen molar-refractivity contribution < 1.29 is 14.6 Å². The summed E-state index contributed by atoms with van der Waals surface area (Å²) >= 11 is 0. The molecule has 1 amide bonds. The molecule has 0 bridgehead atoms. The van der Waals surface area contributed by atoms with Crippen molar-refractivity contribution in [2.45, 2.75) is 31.9 Å². The predicted molar refractivity (Wildman–Crippen MR) is 64.8 cm³/mol. The number of amides is 1. The third-order valence-corrected chi connectivity index (χ3v) is 2.55. The largest absolute Gasteiger partial charge is 0.388 e. The molecule has 0 radical (unpaired) electrons. The number of aromatic nitrogens is 3. The Balaban J connectivity index is 2.20. The number of aliphatic hydroxyl groups is 1. The molecule has 7 nitrogen and oxygen atoms in total. The zero-order valence-electron chi connectivity index (χ0n) is 10.8. The molecule has 0 spiro atoms. The summed E-state index contributed by atoms with van der Waals surface area (Å²) in [5.41, 5.74) is -0.946. The highest BCUT2D eigenvalue weighted by Gasteiger charge is 2.20. The molecule has 18 heavy (non-hydrogen) atoms. The Morgan fingerprint density at radius 2 is 2.39 bits per heavy atom. The third-order valence-electron chi connectivity index (χ3n) is 2.55. The van der Waals surface area contributed by atoms with Crippen LogP contribution in [0.1, 0.15) is 19.8 Å². The van der Waals surface area contributed by atoms with E-state index in [4.69, 9.17) is 4.74 Å². The molecule has 0 fully saturated rings. The molecule has 1 rings (SSSR count). The Bertz CT molecular complexity index is 351. The minimum atomic E-state index is -0.946. The van der Waals surface area contributed by atoms with Crippen LogP contribution in [0.4, 0.5) is 0 Å². The summed E-state index contributed by atoms with van der Waals surface area (Å²) in [5.74, 6) is -0.122. The molecule has 0 saturated heterocycles. The molecule has 1 heterocycles. The molecular formula is C11H20N4O3. The van der Waals surface area contributed by atoms with Crippen molar-refractivity contribution in [3.63, 3.8) is 0 Å². The Hall–Kier alpha value is -1.47. The fraction of sp³-hybridized carbons (Fsp3) is 0.727. The lowest BCUT2D eigenvalue weighted by atomic mass is 10.0. The summed E-state index contributed by atoms with van der Waals surface area (Å²) in [5, 5.41) is 16.5. The number of nitrogens with zero attached hydrogens (tertiary/aromatic N) is 3. The molecule has 1 unspecified atom stereocenters. The van der Waals surface area contributed by atoms with Gasteiger partial charge < -0.3 is 15.2 Å². The van der Waals surface area contributed by atoms with Crippen molar-refractivity contribution in [1.82, 2.24) is 20.1 Å². The normalized spacial score (nSPS) is 14.2. The SMILES string of the molecule is COCCC(C)(O)CNC(=O)CCn1cncn1. The Morgan fingerprint density at radius 1 is 1.61 bits per heavy atom. The van der Waals surface area contributed by atoms with Gasteiger partial charge in [0, 0.05) is 33.1 Å². The molecule has 0 aromatic carbocycles. The molecule has 0 aliphatic carbocycles. The van der Waals surface area contributed by atoms with Gasteiger partial charge in [-0.3, -0.25) is 9.48 Å². The van der Waals surface area contributed by atoms with E-state index in [1.54, 1.807) is 25.0 Å². The van der Waals surface area contributed by atoms with E-state index in [-0.39, 0.29) is 12.5 Å². The van der Waals surface area contributed by atoms with E-state index in [0.717, 1.165) is 0 Å². The molecule has 2 N–H and O–H groups in total. The number of hydrogen-bond acceptors (Lipinski definition) is 5. The van der Waals surface area contributed by atoms with Gasteiger partial charge in [-0.1, -0.05) is 0 Å². The Labute approximate surface area is 106 Å². The van der Waals surface area contributed by atoms with Gasteiger partial charge in [-0.05, 0) is 6.92 Å². The Morgan fingerprint density at radius 3 is 3.00 bits per heavy atom. The monoisotopic (exact) mass is 256 g/mol.